The second kappa shape index (κ2) is 5.07. The summed E-state index contributed by atoms with van der Waals surface area (Å²) in [5.74, 6) is 0.482. The summed E-state index contributed by atoms with van der Waals surface area (Å²) < 4.78 is 16.8. The Labute approximate surface area is 103 Å². The third kappa shape index (κ3) is 3.20. The number of hydrogen-bond acceptors (Lipinski definition) is 3. The number of ether oxygens (including phenoxy) is 3. The summed E-state index contributed by atoms with van der Waals surface area (Å²) in [4.78, 5) is 0. The first-order valence-electron chi connectivity index (χ1n) is 6.07. The van der Waals surface area contributed by atoms with E-state index >= 15 is 0 Å². The lowest BCUT2D eigenvalue weighted by Crippen LogP contribution is -2.28. The fourth-order valence-electron chi connectivity index (χ4n) is 2.01. The van der Waals surface area contributed by atoms with E-state index in [1.165, 1.54) is 11.1 Å². The second-order valence-corrected chi connectivity index (χ2v) is 4.70. The number of benzene rings is 1. The molecule has 0 spiro atoms. The van der Waals surface area contributed by atoms with Gasteiger partial charge < -0.3 is 14.2 Å². The monoisotopic (exact) mass is 236 g/mol. The number of hydrogen-bond donors (Lipinski definition) is 0. The molecule has 1 aliphatic rings. The van der Waals surface area contributed by atoms with Crippen molar-refractivity contribution in [3.8, 4) is 5.75 Å². The van der Waals surface area contributed by atoms with Crippen molar-refractivity contribution < 1.29 is 14.2 Å². The molecule has 1 aromatic carbocycles. The molecule has 1 fully saturated rings. The van der Waals surface area contributed by atoms with Gasteiger partial charge in [0.2, 0.25) is 0 Å². The predicted octanol–water partition coefficient (Wildman–Crippen LogP) is 2.84. The third-order valence-corrected chi connectivity index (χ3v) is 3.04. The zero-order valence-electron chi connectivity index (χ0n) is 10.8. The third-order valence-electron chi connectivity index (χ3n) is 3.04. The minimum absolute atomic E-state index is 0.460. The highest BCUT2D eigenvalue weighted by Crippen LogP contribution is 2.24. The zero-order valence-corrected chi connectivity index (χ0v) is 10.8. The highest BCUT2D eigenvalue weighted by atomic mass is 16.7. The van der Waals surface area contributed by atoms with Crippen molar-refractivity contribution in [2.24, 2.45) is 0 Å². The van der Waals surface area contributed by atoms with Crippen molar-refractivity contribution in [1.29, 1.82) is 0 Å². The minimum Gasteiger partial charge on any atom is -0.493 e. The number of rotatable bonds is 4. The van der Waals surface area contributed by atoms with Crippen molar-refractivity contribution >= 4 is 0 Å². The van der Waals surface area contributed by atoms with Crippen LogP contribution in [0.25, 0.3) is 0 Å². The molecule has 0 N–H and O–H groups in total. The molecule has 0 aliphatic carbocycles. The van der Waals surface area contributed by atoms with Crippen LogP contribution in [0, 0.1) is 13.8 Å². The van der Waals surface area contributed by atoms with Gasteiger partial charge in [0.05, 0.1) is 19.8 Å². The van der Waals surface area contributed by atoms with Gasteiger partial charge in [-0.25, -0.2) is 0 Å². The Hall–Kier alpha value is -1.06. The van der Waals surface area contributed by atoms with E-state index in [9.17, 15) is 0 Å². The van der Waals surface area contributed by atoms with E-state index in [1.54, 1.807) is 0 Å². The standard InChI is InChI=1S/C14H20O3/c1-11-4-5-13(12(2)10-11)15-7-6-14(3)16-8-9-17-14/h4-5,10H,6-9H2,1-3H3. The van der Waals surface area contributed by atoms with Crippen molar-refractivity contribution in [2.75, 3.05) is 19.8 Å². The van der Waals surface area contributed by atoms with Crippen LogP contribution in [0.5, 0.6) is 5.75 Å². The van der Waals surface area contributed by atoms with Crippen LogP contribution in [0.2, 0.25) is 0 Å². The lowest BCUT2D eigenvalue weighted by atomic mass is 10.1. The summed E-state index contributed by atoms with van der Waals surface area (Å²) in [6, 6.07) is 6.20. The fourth-order valence-corrected chi connectivity index (χ4v) is 2.01. The van der Waals surface area contributed by atoms with Gasteiger partial charge in [-0.05, 0) is 32.4 Å². The Morgan fingerprint density at radius 3 is 2.59 bits per heavy atom. The first kappa shape index (κ1) is 12.4. The average molecular weight is 236 g/mol. The van der Waals surface area contributed by atoms with Crippen molar-refractivity contribution in [2.45, 2.75) is 33.0 Å². The Morgan fingerprint density at radius 1 is 1.24 bits per heavy atom. The fraction of sp³-hybridized carbons (Fsp3) is 0.571. The molecule has 3 heteroatoms. The molecule has 0 aromatic heterocycles. The Balaban J connectivity index is 1.85. The molecule has 0 radical (unpaired) electrons. The van der Waals surface area contributed by atoms with Gasteiger partial charge in [-0.1, -0.05) is 17.7 Å². The largest absolute Gasteiger partial charge is 0.493 e. The first-order valence-corrected chi connectivity index (χ1v) is 6.07. The zero-order chi connectivity index (χ0) is 12.3. The predicted molar refractivity (Wildman–Crippen MR) is 66.3 cm³/mol. The molecule has 17 heavy (non-hydrogen) atoms. The summed E-state index contributed by atoms with van der Waals surface area (Å²) in [6.45, 7) is 8.08. The van der Waals surface area contributed by atoms with E-state index < -0.39 is 5.79 Å². The summed E-state index contributed by atoms with van der Waals surface area (Å²) in [7, 11) is 0. The van der Waals surface area contributed by atoms with E-state index in [1.807, 2.05) is 13.0 Å². The smallest absolute Gasteiger partial charge is 0.168 e. The number of aryl methyl sites for hydroxylation is 2. The van der Waals surface area contributed by atoms with Gasteiger partial charge in [-0.3, -0.25) is 0 Å². The normalized spacial score (nSPS) is 18.3. The Bertz CT molecular complexity index is 381. The van der Waals surface area contributed by atoms with E-state index in [-0.39, 0.29) is 0 Å². The molecule has 1 aromatic rings. The molecule has 0 unspecified atom stereocenters. The van der Waals surface area contributed by atoms with Crippen molar-refractivity contribution in [3.63, 3.8) is 0 Å². The first-order chi connectivity index (χ1) is 8.09. The van der Waals surface area contributed by atoms with Gasteiger partial charge >= 0.3 is 0 Å². The molecule has 1 heterocycles. The lowest BCUT2D eigenvalue weighted by molar-refractivity contribution is -0.150. The SMILES string of the molecule is Cc1ccc(OCCC2(C)OCCO2)c(C)c1. The average Bonchev–Trinajstić information content (AvgIpc) is 2.69. The molecule has 1 aliphatic heterocycles. The summed E-state index contributed by atoms with van der Waals surface area (Å²) in [6.07, 6.45) is 0.750. The van der Waals surface area contributed by atoms with Gasteiger partial charge in [0.1, 0.15) is 5.75 Å². The lowest BCUT2D eigenvalue weighted by Gasteiger charge is -2.22. The van der Waals surface area contributed by atoms with Crippen LogP contribution in [0.3, 0.4) is 0 Å². The topological polar surface area (TPSA) is 27.7 Å². The maximum Gasteiger partial charge on any atom is 0.168 e. The Kier molecular flexibility index (Phi) is 3.69. The van der Waals surface area contributed by atoms with Gasteiger partial charge in [-0.15, -0.1) is 0 Å². The molecule has 0 saturated carbocycles. The van der Waals surface area contributed by atoms with Crippen LogP contribution in [-0.4, -0.2) is 25.6 Å². The molecule has 0 amide bonds. The van der Waals surface area contributed by atoms with Gasteiger partial charge in [0, 0.05) is 6.42 Å². The van der Waals surface area contributed by atoms with Gasteiger partial charge in [0.15, 0.2) is 5.79 Å². The molecular weight excluding hydrogens is 216 g/mol. The van der Waals surface area contributed by atoms with E-state index in [4.69, 9.17) is 14.2 Å². The molecule has 0 atom stereocenters. The van der Waals surface area contributed by atoms with Crippen LogP contribution in [0.15, 0.2) is 18.2 Å². The van der Waals surface area contributed by atoms with Crippen LogP contribution in [-0.2, 0) is 9.47 Å². The minimum atomic E-state index is -0.460. The van der Waals surface area contributed by atoms with Crippen LogP contribution in [0.1, 0.15) is 24.5 Å². The highest BCUT2D eigenvalue weighted by Gasteiger charge is 2.30. The summed E-state index contributed by atoms with van der Waals surface area (Å²) in [5.41, 5.74) is 2.42. The summed E-state index contributed by atoms with van der Waals surface area (Å²) in [5, 5.41) is 0. The van der Waals surface area contributed by atoms with Crippen LogP contribution >= 0.6 is 0 Å². The van der Waals surface area contributed by atoms with Crippen LogP contribution in [0.4, 0.5) is 0 Å². The van der Waals surface area contributed by atoms with Gasteiger partial charge in [-0.2, -0.15) is 0 Å². The quantitative estimate of drug-likeness (QED) is 0.804. The van der Waals surface area contributed by atoms with Gasteiger partial charge in [0.25, 0.3) is 0 Å². The Morgan fingerprint density at radius 2 is 1.94 bits per heavy atom. The molecule has 94 valence electrons. The molecule has 2 rings (SSSR count). The molecule has 0 bridgehead atoms. The van der Waals surface area contributed by atoms with Crippen molar-refractivity contribution in [1.82, 2.24) is 0 Å². The van der Waals surface area contributed by atoms with Crippen molar-refractivity contribution in [3.05, 3.63) is 29.3 Å². The molecule has 3 nitrogen and oxygen atoms in total. The highest BCUT2D eigenvalue weighted by molar-refractivity contribution is 5.35. The van der Waals surface area contributed by atoms with E-state index in [0.29, 0.717) is 19.8 Å². The van der Waals surface area contributed by atoms with E-state index in [0.717, 1.165) is 12.2 Å². The molecular formula is C14H20O3. The van der Waals surface area contributed by atoms with E-state index in [2.05, 4.69) is 26.0 Å². The maximum atomic E-state index is 5.76. The maximum absolute atomic E-state index is 5.76. The van der Waals surface area contributed by atoms with Crippen LogP contribution < -0.4 is 4.74 Å². The second-order valence-electron chi connectivity index (χ2n) is 4.70. The summed E-state index contributed by atoms with van der Waals surface area (Å²) >= 11 is 0. The molecule has 1 saturated heterocycles.